The van der Waals surface area contributed by atoms with Gasteiger partial charge in [0, 0.05) is 61.7 Å². The lowest BCUT2D eigenvalue weighted by Gasteiger charge is -2.32. The van der Waals surface area contributed by atoms with Gasteiger partial charge in [-0.25, -0.2) is 0 Å². The summed E-state index contributed by atoms with van der Waals surface area (Å²) in [5.74, 6) is -1.31. The predicted octanol–water partition coefficient (Wildman–Crippen LogP) is 8.72. The van der Waals surface area contributed by atoms with Crippen LogP contribution in [0, 0.1) is 11.8 Å². The fraction of sp³-hybridized carbons (Fsp3) is 0.353. The van der Waals surface area contributed by atoms with E-state index in [0.29, 0.717) is 37.3 Å². The van der Waals surface area contributed by atoms with Crippen LogP contribution in [-0.2, 0) is 32.3 Å². The van der Waals surface area contributed by atoms with Gasteiger partial charge in [-0.15, -0.1) is 0 Å². The number of nitrogens with zero attached hydrogens (tertiary/aromatic N) is 6. The zero-order chi connectivity index (χ0) is 60.8. The number of hydrogen-bond acceptors (Lipinski definition) is 10. The minimum Gasteiger partial charge on any atom is -0.348 e. The van der Waals surface area contributed by atoms with Crippen molar-refractivity contribution in [2.45, 2.75) is 117 Å². The molecule has 18 nitrogen and oxygen atoms in total. The number of benzene rings is 4. The van der Waals surface area contributed by atoms with Crippen LogP contribution < -0.4 is 31.9 Å². The molecular formula is C68H78N12O6. The van der Waals surface area contributed by atoms with Crippen LogP contribution in [0.5, 0.6) is 0 Å². The number of rotatable bonds is 21. The molecule has 0 radical (unpaired) electrons. The van der Waals surface area contributed by atoms with Gasteiger partial charge in [-0.05, 0) is 123 Å². The van der Waals surface area contributed by atoms with Gasteiger partial charge in [0.25, 0.3) is 11.8 Å². The molecular weight excluding hydrogens is 1080 g/mol. The van der Waals surface area contributed by atoms with Crippen molar-refractivity contribution in [2.75, 3.05) is 27.2 Å². The van der Waals surface area contributed by atoms with Crippen molar-refractivity contribution in [1.29, 1.82) is 0 Å². The van der Waals surface area contributed by atoms with E-state index in [1.54, 1.807) is 52.7 Å². The van der Waals surface area contributed by atoms with Crippen molar-refractivity contribution in [3.63, 3.8) is 0 Å². The molecule has 6 heterocycles. The van der Waals surface area contributed by atoms with E-state index in [9.17, 15) is 28.8 Å². The van der Waals surface area contributed by atoms with Crippen LogP contribution >= 0.6 is 0 Å². The number of carbonyl (C=O) groups is 6. The Hall–Kier alpha value is -9.00. The summed E-state index contributed by atoms with van der Waals surface area (Å²) in [5.41, 5.74) is 9.94. The van der Waals surface area contributed by atoms with E-state index in [0.717, 1.165) is 92.2 Å². The van der Waals surface area contributed by atoms with E-state index < -0.39 is 24.2 Å². The normalized spacial score (nSPS) is 16.5. The summed E-state index contributed by atoms with van der Waals surface area (Å²) < 4.78 is 3.95. The molecule has 4 aromatic heterocycles. The summed E-state index contributed by atoms with van der Waals surface area (Å²) >= 11 is 0. The molecule has 0 aliphatic carbocycles. The Balaban J connectivity index is 0.762. The molecule has 2 fully saturated rings. The molecule has 86 heavy (non-hydrogen) atoms. The SMILES string of the molecule is CN[C@@H](C)C(=O)N[C@H](C(=O)N1CCC[C@H]1c1cncc(-n2cc(C(=O)NCc3ccc(-c4ccc(CNC(=O)c5cn(-c6cncc([C@@H]7CCCN7C(=O)[C@@H](NC(=O)[C@H](C)NC)C(C)C)c6)c6ccccc56)cc4)cc3)c3ccccc32)c1)C(C)C. The average molecular weight is 1160 g/mol. The smallest absolute Gasteiger partial charge is 0.253 e. The molecule has 4 aromatic carbocycles. The van der Waals surface area contributed by atoms with Crippen molar-refractivity contribution in [3.8, 4) is 22.5 Å². The van der Waals surface area contributed by atoms with Crippen LogP contribution in [0.1, 0.15) is 122 Å². The Morgan fingerprint density at radius 2 is 0.895 bits per heavy atom. The monoisotopic (exact) mass is 1160 g/mol. The Morgan fingerprint density at radius 1 is 0.512 bits per heavy atom. The lowest BCUT2D eigenvalue weighted by molar-refractivity contribution is -0.139. The van der Waals surface area contributed by atoms with Gasteiger partial charge in [-0.1, -0.05) is 113 Å². The number of hydrogen-bond donors (Lipinski definition) is 6. The van der Waals surface area contributed by atoms with E-state index in [2.05, 4.69) is 41.9 Å². The third kappa shape index (κ3) is 12.8. The molecule has 2 aliphatic rings. The van der Waals surface area contributed by atoms with Gasteiger partial charge in [-0.3, -0.25) is 38.7 Å². The van der Waals surface area contributed by atoms with Gasteiger partial charge in [0.05, 0.1) is 70.1 Å². The van der Waals surface area contributed by atoms with Crippen LogP contribution in [-0.4, -0.2) is 116 Å². The number of carbonyl (C=O) groups excluding carboxylic acids is 6. The molecule has 2 aliphatic heterocycles. The molecule has 18 heteroatoms. The summed E-state index contributed by atoms with van der Waals surface area (Å²) in [6, 6.07) is 33.2. The first-order valence-corrected chi connectivity index (χ1v) is 29.9. The highest BCUT2D eigenvalue weighted by atomic mass is 16.2. The van der Waals surface area contributed by atoms with Gasteiger partial charge in [-0.2, -0.15) is 0 Å². The second-order valence-corrected chi connectivity index (χ2v) is 23.4. The fourth-order valence-corrected chi connectivity index (χ4v) is 11.8. The maximum Gasteiger partial charge on any atom is 0.253 e. The first-order valence-electron chi connectivity index (χ1n) is 29.9. The second kappa shape index (κ2) is 26.5. The molecule has 6 amide bonds. The molecule has 10 rings (SSSR count). The lowest BCUT2D eigenvalue weighted by Crippen LogP contribution is -2.54. The second-order valence-electron chi connectivity index (χ2n) is 23.4. The molecule has 2 saturated heterocycles. The van der Waals surface area contributed by atoms with E-state index in [1.165, 1.54) is 0 Å². The van der Waals surface area contributed by atoms with Crippen LogP contribution in [0.25, 0.3) is 44.3 Å². The van der Waals surface area contributed by atoms with E-state index in [1.807, 2.05) is 168 Å². The molecule has 6 atom stereocenters. The Morgan fingerprint density at radius 3 is 1.27 bits per heavy atom. The van der Waals surface area contributed by atoms with E-state index >= 15 is 0 Å². The average Bonchev–Trinajstić information content (AvgIpc) is 2.00. The molecule has 8 aromatic rings. The molecule has 0 unspecified atom stereocenters. The van der Waals surface area contributed by atoms with Crippen LogP contribution in [0.4, 0.5) is 0 Å². The van der Waals surface area contributed by atoms with Gasteiger partial charge >= 0.3 is 0 Å². The van der Waals surface area contributed by atoms with Gasteiger partial charge in [0.2, 0.25) is 23.6 Å². The maximum atomic E-state index is 14.1. The highest BCUT2D eigenvalue weighted by Gasteiger charge is 2.39. The molecule has 446 valence electrons. The topological polar surface area (TPSA) is 217 Å². The summed E-state index contributed by atoms with van der Waals surface area (Å²) in [4.78, 5) is 95.0. The fourth-order valence-electron chi connectivity index (χ4n) is 11.8. The summed E-state index contributed by atoms with van der Waals surface area (Å²) in [5, 5.41) is 19.7. The van der Waals surface area contributed by atoms with Crippen LogP contribution in [0.3, 0.4) is 0 Å². The number of para-hydroxylation sites is 2. The Kier molecular flexibility index (Phi) is 18.5. The molecule has 0 spiro atoms. The minimum atomic E-state index is -0.666. The molecule has 6 N–H and O–H groups in total. The number of amides is 6. The van der Waals surface area contributed by atoms with Crippen molar-refractivity contribution < 1.29 is 28.8 Å². The van der Waals surface area contributed by atoms with E-state index in [-0.39, 0.29) is 59.4 Å². The first kappa shape index (κ1) is 60.1. The van der Waals surface area contributed by atoms with Crippen molar-refractivity contribution in [2.24, 2.45) is 11.8 Å². The first-order chi connectivity index (χ1) is 41.5. The quantitative estimate of drug-likeness (QED) is 0.0402. The standard InChI is InChI=1S/C68H78N12O6/c1-41(2)61(75-63(81)43(5)69-7)67(85)77-29-13-19-57(77)49-31-51(37-71-35-49)79-39-55(53-15-9-11-17-59(53)79)65(83)73-33-45-21-25-47(26-22-45)48-27-23-46(24-28-48)34-74-66(84)56-40-80(60-18-12-10-16-54(56)60)52-32-50(36-72-38-52)58-20-14-30-78(58)68(86)62(42(3)4)76-64(82)44(6)70-8/h9-12,15-18,21-28,31-32,35-44,57-58,61-62,69-70H,13-14,19-20,29-30,33-34H2,1-8H3,(H,73,83)(H,74,84)(H,75,81)(H,76,82)/t43-,44-,57-,58-,61-,62-/m0/s1. The Bertz CT molecular complexity index is 3530. The van der Waals surface area contributed by atoms with Gasteiger partial charge < -0.3 is 50.8 Å². The van der Waals surface area contributed by atoms with Crippen molar-refractivity contribution >= 4 is 57.2 Å². The zero-order valence-electron chi connectivity index (χ0n) is 50.3. The largest absolute Gasteiger partial charge is 0.348 e. The zero-order valence-corrected chi connectivity index (χ0v) is 50.3. The minimum absolute atomic E-state index is 0.109. The summed E-state index contributed by atoms with van der Waals surface area (Å²) in [7, 11) is 3.43. The number of aromatic nitrogens is 4. The third-order valence-electron chi connectivity index (χ3n) is 17.1. The van der Waals surface area contributed by atoms with Crippen molar-refractivity contribution in [1.82, 2.24) is 60.8 Å². The number of likely N-dealkylation sites (N-methyl/N-ethyl adjacent to an activating group) is 2. The predicted molar refractivity (Wildman–Crippen MR) is 334 cm³/mol. The highest BCUT2D eigenvalue weighted by molar-refractivity contribution is 6.08. The van der Waals surface area contributed by atoms with Crippen molar-refractivity contribution in [3.05, 3.63) is 180 Å². The summed E-state index contributed by atoms with van der Waals surface area (Å²) in [6.45, 7) is 13.1. The van der Waals surface area contributed by atoms with Crippen LogP contribution in [0.2, 0.25) is 0 Å². The van der Waals surface area contributed by atoms with Gasteiger partial charge in [0.1, 0.15) is 12.1 Å². The third-order valence-corrected chi connectivity index (χ3v) is 17.1. The van der Waals surface area contributed by atoms with Crippen LogP contribution in [0.15, 0.2) is 146 Å². The highest BCUT2D eigenvalue weighted by Crippen LogP contribution is 2.37. The maximum absolute atomic E-state index is 14.1. The molecule has 0 bridgehead atoms. The molecule has 0 saturated carbocycles. The number of nitrogens with one attached hydrogen (secondary N) is 6. The Labute approximate surface area is 502 Å². The van der Waals surface area contributed by atoms with E-state index in [4.69, 9.17) is 0 Å². The lowest BCUT2D eigenvalue weighted by atomic mass is 10.00. The summed E-state index contributed by atoms with van der Waals surface area (Å²) in [6.07, 6.45) is 14.0. The van der Waals surface area contributed by atoms with Gasteiger partial charge in [0.15, 0.2) is 0 Å². The number of pyridine rings is 2. The number of fused-ring (bicyclic) bond motifs is 2. The number of likely N-dealkylation sites (tertiary alicyclic amines) is 2.